The summed E-state index contributed by atoms with van der Waals surface area (Å²) in [5.74, 6) is -0.295. The quantitative estimate of drug-likeness (QED) is 0.653. The Morgan fingerprint density at radius 2 is 1.85 bits per heavy atom. The summed E-state index contributed by atoms with van der Waals surface area (Å²) in [4.78, 5) is 27.0. The molecule has 1 aromatic rings. The minimum atomic E-state index is -0.518. The average Bonchev–Trinajstić information content (AvgIpc) is 2.67. The molecule has 1 aliphatic rings. The summed E-state index contributed by atoms with van der Waals surface area (Å²) in [5, 5.41) is 3.66. The van der Waals surface area contributed by atoms with Gasteiger partial charge in [-0.2, -0.15) is 0 Å². The number of halogens is 1. The fourth-order valence-electron chi connectivity index (χ4n) is 3.29. The predicted molar refractivity (Wildman–Crippen MR) is 110 cm³/mol. The van der Waals surface area contributed by atoms with Gasteiger partial charge in [-0.1, -0.05) is 49.2 Å². The molecule has 0 fully saturated rings. The van der Waals surface area contributed by atoms with Crippen LogP contribution < -0.4 is 5.32 Å². The van der Waals surface area contributed by atoms with Crippen LogP contribution in [-0.4, -0.2) is 29.3 Å². The molecule has 0 spiro atoms. The first-order valence-electron chi connectivity index (χ1n) is 9.89. The first-order chi connectivity index (χ1) is 12.9. The largest absolute Gasteiger partial charge is 0.354 e. The summed E-state index contributed by atoms with van der Waals surface area (Å²) in [6.45, 7) is 6.54. The van der Waals surface area contributed by atoms with E-state index in [2.05, 4.69) is 11.4 Å². The number of hydrogen-bond acceptors (Lipinski definition) is 2. The summed E-state index contributed by atoms with van der Waals surface area (Å²) >= 11 is 5.95. The number of hydrogen-bond donors (Lipinski definition) is 1. The molecule has 1 atom stereocenters. The Morgan fingerprint density at radius 1 is 1.15 bits per heavy atom. The van der Waals surface area contributed by atoms with Crippen LogP contribution in [0, 0.1) is 5.92 Å². The average molecular weight is 391 g/mol. The number of rotatable bonds is 8. The summed E-state index contributed by atoms with van der Waals surface area (Å²) < 4.78 is 0. The van der Waals surface area contributed by atoms with Crippen LogP contribution in [0.5, 0.6) is 0 Å². The normalized spacial score (nSPS) is 15.2. The number of amides is 2. The van der Waals surface area contributed by atoms with E-state index in [9.17, 15) is 9.59 Å². The topological polar surface area (TPSA) is 49.4 Å². The van der Waals surface area contributed by atoms with Crippen LogP contribution in [0.1, 0.15) is 58.4 Å². The van der Waals surface area contributed by atoms with Crippen molar-refractivity contribution in [3.05, 3.63) is 46.5 Å². The number of benzene rings is 1. The molecule has 0 saturated heterocycles. The Morgan fingerprint density at radius 3 is 2.44 bits per heavy atom. The molecule has 0 saturated carbocycles. The van der Waals surface area contributed by atoms with Crippen LogP contribution in [0.4, 0.5) is 0 Å². The monoisotopic (exact) mass is 390 g/mol. The fraction of sp³-hybridized carbons (Fsp3) is 0.545. The summed E-state index contributed by atoms with van der Waals surface area (Å²) in [6.07, 6.45) is 8.00. The molecule has 2 rings (SSSR count). The fourth-order valence-corrected chi connectivity index (χ4v) is 3.42. The lowest BCUT2D eigenvalue weighted by molar-refractivity contribution is -0.143. The molecule has 0 radical (unpaired) electrons. The highest BCUT2D eigenvalue weighted by Crippen LogP contribution is 2.19. The zero-order valence-corrected chi connectivity index (χ0v) is 17.4. The molecule has 148 valence electrons. The van der Waals surface area contributed by atoms with Crippen LogP contribution in [0.15, 0.2) is 35.9 Å². The molecule has 1 aliphatic carbocycles. The number of nitrogens with zero attached hydrogens (tertiary/aromatic N) is 1. The second kappa shape index (κ2) is 10.5. The van der Waals surface area contributed by atoms with Crippen molar-refractivity contribution in [3.63, 3.8) is 0 Å². The van der Waals surface area contributed by atoms with E-state index in [1.54, 1.807) is 24.0 Å². The Kier molecular flexibility index (Phi) is 8.36. The number of carbonyl (C=O) groups excluding carboxylic acids is 2. The van der Waals surface area contributed by atoms with Gasteiger partial charge in [0, 0.05) is 24.0 Å². The van der Waals surface area contributed by atoms with Crippen molar-refractivity contribution >= 4 is 23.4 Å². The smallest absolute Gasteiger partial charge is 0.242 e. The van der Waals surface area contributed by atoms with Gasteiger partial charge >= 0.3 is 0 Å². The van der Waals surface area contributed by atoms with E-state index < -0.39 is 6.04 Å². The van der Waals surface area contributed by atoms with E-state index in [0.29, 0.717) is 18.1 Å². The van der Waals surface area contributed by atoms with Crippen LogP contribution in [0.3, 0.4) is 0 Å². The Bertz CT molecular complexity index is 667. The van der Waals surface area contributed by atoms with Crippen molar-refractivity contribution < 1.29 is 9.59 Å². The van der Waals surface area contributed by atoms with Crippen LogP contribution in [0.25, 0.3) is 0 Å². The maximum atomic E-state index is 12.7. The standard InChI is InChI=1S/C22H31ClN2O2/c1-16(2)22(27)25(15-19-9-11-20(23)12-10-19)17(3)21(26)24-14-13-18-7-5-4-6-8-18/h7,9-12,16-17H,4-6,8,13-15H2,1-3H3,(H,24,26)/t17-/m1/s1. The molecule has 2 amide bonds. The summed E-state index contributed by atoms with van der Waals surface area (Å²) in [5.41, 5.74) is 2.39. The Labute approximate surface area is 168 Å². The molecule has 0 bridgehead atoms. The van der Waals surface area contributed by atoms with Gasteiger partial charge in [0.1, 0.15) is 6.04 Å². The minimum Gasteiger partial charge on any atom is -0.354 e. The van der Waals surface area contributed by atoms with Crippen LogP contribution in [0.2, 0.25) is 5.02 Å². The van der Waals surface area contributed by atoms with Crippen molar-refractivity contribution in [3.8, 4) is 0 Å². The van der Waals surface area contributed by atoms with E-state index >= 15 is 0 Å². The first-order valence-corrected chi connectivity index (χ1v) is 10.3. The molecule has 4 nitrogen and oxygen atoms in total. The van der Waals surface area contributed by atoms with Gasteiger partial charge in [0.2, 0.25) is 11.8 Å². The molecule has 1 aromatic carbocycles. The molecule has 1 N–H and O–H groups in total. The van der Waals surface area contributed by atoms with Crippen molar-refractivity contribution in [1.82, 2.24) is 10.2 Å². The van der Waals surface area contributed by atoms with Gasteiger partial charge in [0.05, 0.1) is 0 Å². The Hall–Kier alpha value is -1.81. The van der Waals surface area contributed by atoms with Crippen molar-refractivity contribution in [2.24, 2.45) is 5.92 Å². The van der Waals surface area contributed by atoms with Gasteiger partial charge in [0.25, 0.3) is 0 Å². The highest BCUT2D eigenvalue weighted by Gasteiger charge is 2.27. The van der Waals surface area contributed by atoms with Gasteiger partial charge in [0.15, 0.2) is 0 Å². The molecule has 0 aliphatic heterocycles. The van der Waals surface area contributed by atoms with Crippen molar-refractivity contribution in [2.75, 3.05) is 6.54 Å². The van der Waals surface area contributed by atoms with Gasteiger partial charge < -0.3 is 10.2 Å². The number of allylic oxidation sites excluding steroid dienone is 1. The lowest BCUT2D eigenvalue weighted by Crippen LogP contribution is -2.49. The second-order valence-corrected chi connectivity index (χ2v) is 8.01. The zero-order valence-electron chi connectivity index (χ0n) is 16.6. The third kappa shape index (κ3) is 6.69. The number of nitrogens with one attached hydrogen (secondary N) is 1. The van der Waals surface area contributed by atoms with E-state index in [-0.39, 0.29) is 17.7 Å². The molecule has 5 heteroatoms. The molecular formula is C22H31ClN2O2. The van der Waals surface area contributed by atoms with Gasteiger partial charge in [-0.25, -0.2) is 0 Å². The maximum Gasteiger partial charge on any atom is 0.242 e. The predicted octanol–water partition coefficient (Wildman–Crippen LogP) is 4.72. The van der Waals surface area contributed by atoms with Gasteiger partial charge in [-0.15, -0.1) is 0 Å². The molecular weight excluding hydrogens is 360 g/mol. The maximum absolute atomic E-state index is 12.7. The van der Waals surface area contributed by atoms with Crippen LogP contribution in [-0.2, 0) is 16.1 Å². The van der Waals surface area contributed by atoms with E-state index in [1.165, 1.54) is 18.4 Å². The van der Waals surface area contributed by atoms with Gasteiger partial charge in [-0.05, 0) is 56.7 Å². The summed E-state index contributed by atoms with van der Waals surface area (Å²) in [7, 11) is 0. The highest BCUT2D eigenvalue weighted by molar-refractivity contribution is 6.30. The van der Waals surface area contributed by atoms with E-state index in [1.807, 2.05) is 26.0 Å². The van der Waals surface area contributed by atoms with E-state index in [4.69, 9.17) is 11.6 Å². The molecule has 0 aromatic heterocycles. The third-order valence-electron chi connectivity index (χ3n) is 5.02. The molecule has 0 heterocycles. The van der Waals surface area contributed by atoms with Crippen LogP contribution >= 0.6 is 11.6 Å². The summed E-state index contributed by atoms with van der Waals surface area (Å²) in [6, 6.07) is 6.87. The SMILES string of the molecule is CC(C)C(=O)N(Cc1ccc(Cl)cc1)[C@H](C)C(=O)NCCC1=CCCCC1. The van der Waals surface area contributed by atoms with Crippen molar-refractivity contribution in [2.45, 2.75) is 65.5 Å². The lowest BCUT2D eigenvalue weighted by Gasteiger charge is -2.30. The zero-order chi connectivity index (χ0) is 19.8. The Balaban J connectivity index is 1.97. The highest BCUT2D eigenvalue weighted by atomic mass is 35.5. The molecule has 0 unspecified atom stereocenters. The van der Waals surface area contributed by atoms with Crippen molar-refractivity contribution in [1.29, 1.82) is 0 Å². The first kappa shape index (κ1) is 21.5. The second-order valence-electron chi connectivity index (χ2n) is 7.57. The lowest BCUT2D eigenvalue weighted by atomic mass is 9.97. The molecule has 27 heavy (non-hydrogen) atoms. The van der Waals surface area contributed by atoms with Gasteiger partial charge in [-0.3, -0.25) is 9.59 Å². The minimum absolute atomic E-state index is 0.0254. The van der Waals surface area contributed by atoms with E-state index in [0.717, 1.165) is 24.8 Å². The third-order valence-corrected chi connectivity index (χ3v) is 5.27. The number of carbonyl (C=O) groups is 2.